The summed E-state index contributed by atoms with van der Waals surface area (Å²) in [5.41, 5.74) is 6.12. The average molecular weight is 183 g/mol. The standard InChI is InChI=1S/C7H9N3OS/c1-3-9-5-2-4(6(8)11)10-7(5)12-3/h4,10H,2H2,1H3,(H2,8,11). The van der Waals surface area contributed by atoms with E-state index in [1.54, 1.807) is 11.3 Å². The molecule has 0 radical (unpaired) electrons. The highest BCUT2D eigenvalue weighted by Gasteiger charge is 2.27. The van der Waals surface area contributed by atoms with Gasteiger partial charge in [0, 0.05) is 6.42 Å². The first kappa shape index (κ1) is 7.54. The van der Waals surface area contributed by atoms with E-state index in [1.165, 1.54) is 0 Å². The van der Waals surface area contributed by atoms with Crippen LogP contribution in [0.15, 0.2) is 0 Å². The summed E-state index contributed by atoms with van der Waals surface area (Å²) in [6, 6.07) is -0.251. The number of carbonyl (C=O) groups is 1. The number of nitrogens with zero attached hydrogens (tertiary/aromatic N) is 1. The number of amides is 1. The van der Waals surface area contributed by atoms with E-state index in [0.29, 0.717) is 6.42 Å². The number of aryl methyl sites for hydroxylation is 1. The summed E-state index contributed by atoms with van der Waals surface area (Å²) >= 11 is 1.57. The summed E-state index contributed by atoms with van der Waals surface area (Å²) in [6.45, 7) is 1.95. The first-order chi connectivity index (χ1) is 5.66. The smallest absolute Gasteiger partial charge is 0.240 e. The van der Waals surface area contributed by atoms with Gasteiger partial charge in [-0.15, -0.1) is 11.3 Å². The van der Waals surface area contributed by atoms with Crippen molar-refractivity contribution >= 4 is 22.2 Å². The predicted octanol–water partition coefficient (Wildman–Crippen LogP) is 0.273. The minimum absolute atomic E-state index is 0.251. The van der Waals surface area contributed by atoms with E-state index >= 15 is 0 Å². The Morgan fingerprint density at radius 3 is 3.17 bits per heavy atom. The molecule has 1 unspecified atom stereocenters. The van der Waals surface area contributed by atoms with Crippen LogP contribution in [0.1, 0.15) is 10.7 Å². The second-order valence-corrected chi connectivity index (χ2v) is 4.02. The topological polar surface area (TPSA) is 68.0 Å². The monoisotopic (exact) mass is 183 g/mol. The van der Waals surface area contributed by atoms with Crippen molar-refractivity contribution in [3.8, 4) is 0 Å². The molecule has 64 valence electrons. The Morgan fingerprint density at radius 2 is 2.58 bits per heavy atom. The van der Waals surface area contributed by atoms with Crippen molar-refractivity contribution in [3.63, 3.8) is 0 Å². The lowest BCUT2D eigenvalue weighted by Gasteiger charge is -2.04. The highest BCUT2D eigenvalue weighted by atomic mass is 32.1. The van der Waals surface area contributed by atoms with Crippen molar-refractivity contribution in [1.82, 2.24) is 4.98 Å². The number of nitrogens with one attached hydrogen (secondary N) is 1. The number of hydrogen-bond donors (Lipinski definition) is 2. The molecule has 4 nitrogen and oxygen atoms in total. The number of primary amides is 1. The number of anilines is 1. The molecule has 3 N–H and O–H groups in total. The van der Waals surface area contributed by atoms with Gasteiger partial charge in [0.15, 0.2) is 0 Å². The molecular formula is C7H9N3OS. The fourth-order valence-corrected chi connectivity index (χ4v) is 2.19. The molecule has 1 atom stereocenters. The third-order valence-electron chi connectivity index (χ3n) is 1.85. The molecule has 0 spiro atoms. The van der Waals surface area contributed by atoms with E-state index in [0.717, 1.165) is 15.7 Å². The zero-order chi connectivity index (χ0) is 8.72. The van der Waals surface area contributed by atoms with Crippen LogP contribution in [-0.4, -0.2) is 16.9 Å². The summed E-state index contributed by atoms with van der Waals surface area (Å²) in [5.74, 6) is -0.308. The molecule has 2 heterocycles. The van der Waals surface area contributed by atoms with Gasteiger partial charge in [0.1, 0.15) is 11.0 Å². The number of carbonyl (C=O) groups excluding carboxylic acids is 1. The van der Waals surface area contributed by atoms with Gasteiger partial charge >= 0.3 is 0 Å². The van der Waals surface area contributed by atoms with Gasteiger partial charge in [-0.05, 0) is 6.92 Å². The molecule has 0 aliphatic carbocycles. The Bertz CT molecular complexity index is 310. The van der Waals surface area contributed by atoms with Gasteiger partial charge in [0.05, 0.1) is 10.7 Å². The number of nitrogens with two attached hydrogens (primary N) is 1. The third-order valence-corrected chi connectivity index (χ3v) is 2.79. The highest BCUT2D eigenvalue weighted by molar-refractivity contribution is 7.15. The molecule has 0 bridgehead atoms. The van der Waals surface area contributed by atoms with Gasteiger partial charge in [-0.3, -0.25) is 4.79 Å². The van der Waals surface area contributed by atoms with Gasteiger partial charge in [0.25, 0.3) is 0 Å². The Morgan fingerprint density at radius 1 is 1.83 bits per heavy atom. The molecule has 5 heteroatoms. The SMILES string of the molecule is Cc1nc2c(s1)NC(C(N)=O)C2. The van der Waals surface area contributed by atoms with Crippen LogP contribution in [0.4, 0.5) is 5.00 Å². The fourth-order valence-electron chi connectivity index (χ4n) is 1.30. The molecule has 0 saturated carbocycles. The van der Waals surface area contributed by atoms with Crippen LogP contribution in [0.25, 0.3) is 0 Å². The quantitative estimate of drug-likeness (QED) is 0.656. The van der Waals surface area contributed by atoms with Gasteiger partial charge in [-0.1, -0.05) is 0 Å². The van der Waals surface area contributed by atoms with E-state index in [4.69, 9.17) is 5.73 Å². The first-order valence-electron chi connectivity index (χ1n) is 3.69. The van der Waals surface area contributed by atoms with Crippen molar-refractivity contribution in [2.75, 3.05) is 5.32 Å². The number of fused-ring (bicyclic) bond motifs is 1. The molecule has 1 aromatic rings. The maximum absolute atomic E-state index is 10.8. The zero-order valence-corrected chi connectivity index (χ0v) is 7.44. The number of thiazole rings is 1. The zero-order valence-electron chi connectivity index (χ0n) is 6.63. The second kappa shape index (κ2) is 2.45. The number of aromatic nitrogens is 1. The van der Waals surface area contributed by atoms with Crippen LogP contribution in [0.5, 0.6) is 0 Å². The van der Waals surface area contributed by atoms with Gasteiger partial charge in [-0.2, -0.15) is 0 Å². The molecule has 2 rings (SSSR count). The maximum atomic E-state index is 10.8. The van der Waals surface area contributed by atoms with Crippen LogP contribution < -0.4 is 11.1 Å². The van der Waals surface area contributed by atoms with Gasteiger partial charge < -0.3 is 11.1 Å². The summed E-state index contributed by atoms with van der Waals surface area (Å²) in [7, 11) is 0. The lowest BCUT2D eigenvalue weighted by molar-refractivity contribution is -0.118. The lowest BCUT2D eigenvalue weighted by Crippen LogP contribution is -2.33. The van der Waals surface area contributed by atoms with E-state index < -0.39 is 0 Å². The lowest BCUT2D eigenvalue weighted by atomic mass is 10.2. The molecule has 0 saturated heterocycles. The van der Waals surface area contributed by atoms with Crippen LogP contribution in [0.2, 0.25) is 0 Å². The van der Waals surface area contributed by atoms with E-state index in [-0.39, 0.29) is 11.9 Å². The van der Waals surface area contributed by atoms with E-state index in [1.807, 2.05) is 6.92 Å². The van der Waals surface area contributed by atoms with Crippen molar-refractivity contribution in [1.29, 1.82) is 0 Å². The predicted molar refractivity (Wildman–Crippen MR) is 47.2 cm³/mol. The minimum Gasteiger partial charge on any atom is -0.368 e. The third kappa shape index (κ3) is 1.06. The first-order valence-corrected chi connectivity index (χ1v) is 4.50. The Hall–Kier alpha value is -1.10. The maximum Gasteiger partial charge on any atom is 0.240 e. The minimum atomic E-state index is -0.308. The number of rotatable bonds is 1. The van der Waals surface area contributed by atoms with Crippen molar-refractivity contribution in [3.05, 3.63) is 10.7 Å². The Labute approximate surface area is 73.8 Å². The number of hydrogen-bond acceptors (Lipinski definition) is 4. The average Bonchev–Trinajstić information content (AvgIpc) is 2.42. The second-order valence-electron chi connectivity index (χ2n) is 2.81. The van der Waals surface area contributed by atoms with Crippen LogP contribution in [0, 0.1) is 6.92 Å². The molecule has 1 aromatic heterocycles. The molecule has 1 aliphatic rings. The molecule has 0 aromatic carbocycles. The normalized spacial score (nSPS) is 20.2. The Balaban J connectivity index is 2.24. The van der Waals surface area contributed by atoms with E-state index in [9.17, 15) is 4.79 Å². The van der Waals surface area contributed by atoms with Crippen molar-refractivity contribution < 1.29 is 4.79 Å². The molecule has 12 heavy (non-hydrogen) atoms. The summed E-state index contributed by atoms with van der Waals surface area (Å²) < 4.78 is 0. The highest BCUT2D eigenvalue weighted by Crippen LogP contribution is 2.31. The van der Waals surface area contributed by atoms with Crippen LogP contribution in [0.3, 0.4) is 0 Å². The van der Waals surface area contributed by atoms with Crippen molar-refractivity contribution in [2.24, 2.45) is 5.73 Å². The van der Waals surface area contributed by atoms with Gasteiger partial charge in [0.2, 0.25) is 5.91 Å². The molecule has 1 aliphatic heterocycles. The fraction of sp³-hybridized carbons (Fsp3) is 0.429. The van der Waals surface area contributed by atoms with E-state index in [2.05, 4.69) is 10.3 Å². The largest absolute Gasteiger partial charge is 0.368 e. The summed E-state index contributed by atoms with van der Waals surface area (Å²) in [6.07, 6.45) is 0.634. The van der Waals surface area contributed by atoms with Crippen LogP contribution >= 0.6 is 11.3 Å². The summed E-state index contributed by atoms with van der Waals surface area (Å²) in [4.78, 5) is 15.1. The Kier molecular flexibility index (Phi) is 1.54. The van der Waals surface area contributed by atoms with Crippen LogP contribution in [-0.2, 0) is 11.2 Å². The van der Waals surface area contributed by atoms with Crippen molar-refractivity contribution in [2.45, 2.75) is 19.4 Å². The van der Waals surface area contributed by atoms with Gasteiger partial charge in [-0.25, -0.2) is 4.98 Å². The molecule has 1 amide bonds. The molecule has 0 fully saturated rings. The summed E-state index contributed by atoms with van der Waals surface area (Å²) in [5, 5.41) is 5.06. The molecular weight excluding hydrogens is 174 g/mol.